The Bertz CT molecular complexity index is 1380. The number of nitrogens with one attached hydrogen (secondary N) is 1. The average Bonchev–Trinajstić information content (AvgIpc) is 3.39. The van der Waals surface area contributed by atoms with Gasteiger partial charge < -0.3 is 19.9 Å². The van der Waals surface area contributed by atoms with Gasteiger partial charge in [0.2, 0.25) is 5.95 Å². The highest BCUT2D eigenvalue weighted by Gasteiger charge is 2.19. The number of imidazole rings is 1. The molecule has 1 atom stereocenters. The Morgan fingerprint density at radius 2 is 1.94 bits per heavy atom. The maximum Gasteiger partial charge on any atom is 0.306 e. The molecule has 3 N–H and O–H groups in total. The van der Waals surface area contributed by atoms with Crippen LogP contribution in [0.1, 0.15) is 11.7 Å². The average molecular weight is 431 g/mol. The highest BCUT2D eigenvalue weighted by atomic mass is 19.1. The van der Waals surface area contributed by atoms with Crippen molar-refractivity contribution in [1.29, 1.82) is 0 Å². The quantitative estimate of drug-likeness (QED) is 0.372. The molecule has 0 aliphatic carbocycles. The minimum atomic E-state index is -0.861. The van der Waals surface area contributed by atoms with E-state index in [4.69, 9.17) is 4.42 Å². The molecule has 0 bridgehead atoms. The van der Waals surface area contributed by atoms with Crippen LogP contribution in [0.15, 0.2) is 77.7 Å². The number of benzene rings is 2. The number of phenols is 1. The molecule has 0 aliphatic rings. The molecule has 3 heterocycles. The van der Waals surface area contributed by atoms with Crippen molar-refractivity contribution < 1.29 is 19.0 Å². The van der Waals surface area contributed by atoms with E-state index in [1.807, 2.05) is 0 Å². The predicted molar refractivity (Wildman–Crippen MR) is 115 cm³/mol. The molecule has 0 saturated carbocycles. The van der Waals surface area contributed by atoms with Crippen LogP contribution in [0.3, 0.4) is 0 Å². The summed E-state index contributed by atoms with van der Waals surface area (Å²) < 4.78 is 20.6. The fourth-order valence-corrected chi connectivity index (χ4v) is 3.45. The van der Waals surface area contributed by atoms with Gasteiger partial charge in [0, 0.05) is 24.5 Å². The zero-order valence-electron chi connectivity index (χ0n) is 16.7. The number of aliphatic hydroxyl groups is 1. The number of phenolic OH excluding ortho intramolecular Hbond substituents is 1. The number of oxazole rings is 1. The summed E-state index contributed by atoms with van der Waals surface area (Å²) in [6, 6.07) is 14.2. The number of aromatic nitrogens is 4. The first-order valence-electron chi connectivity index (χ1n) is 9.84. The van der Waals surface area contributed by atoms with Crippen LogP contribution in [0.4, 0.5) is 10.3 Å². The maximum atomic E-state index is 13.4. The third kappa shape index (κ3) is 3.77. The molecule has 3 aromatic heterocycles. The Morgan fingerprint density at radius 1 is 1.09 bits per heavy atom. The van der Waals surface area contributed by atoms with Gasteiger partial charge in [0.05, 0.1) is 11.8 Å². The van der Waals surface area contributed by atoms with Crippen molar-refractivity contribution >= 4 is 11.8 Å². The van der Waals surface area contributed by atoms with Gasteiger partial charge in [-0.1, -0.05) is 12.1 Å². The molecule has 0 amide bonds. The minimum absolute atomic E-state index is 0.0815. The third-order valence-corrected chi connectivity index (χ3v) is 4.99. The Morgan fingerprint density at radius 3 is 2.75 bits per heavy atom. The molecule has 32 heavy (non-hydrogen) atoms. The number of aliphatic hydroxyl groups excluding tert-OH is 1. The summed E-state index contributed by atoms with van der Waals surface area (Å²) in [4.78, 5) is 13.3. The SMILES string of the molecule is Oc1cccc(C(O)CNc2nccc(-c3c(-c4ccc(F)cc4)nc4occn34)n2)c1. The molecule has 160 valence electrons. The predicted octanol–water partition coefficient (Wildman–Crippen LogP) is 4.04. The van der Waals surface area contributed by atoms with Crippen molar-refractivity contribution in [1.82, 2.24) is 19.4 Å². The molecule has 2 aromatic carbocycles. The zero-order chi connectivity index (χ0) is 22.1. The van der Waals surface area contributed by atoms with Crippen LogP contribution >= 0.6 is 0 Å². The Hall–Kier alpha value is -4.24. The normalized spacial score (nSPS) is 12.2. The van der Waals surface area contributed by atoms with Gasteiger partial charge in [-0.25, -0.2) is 14.4 Å². The molecule has 0 aliphatic heterocycles. The van der Waals surface area contributed by atoms with Gasteiger partial charge in [-0.15, -0.1) is 0 Å². The van der Waals surface area contributed by atoms with Crippen LogP contribution in [-0.4, -0.2) is 36.1 Å². The Labute approximate surface area is 181 Å². The maximum absolute atomic E-state index is 13.4. The third-order valence-electron chi connectivity index (χ3n) is 4.99. The molecule has 1 unspecified atom stereocenters. The van der Waals surface area contributed by atoms with Gasteiger partial charge in [0.25, 0.3) is 0 Å². The van der Waals surface area contributed by atoms with E-state index in [0.717, 1.165) is 0 Å². The first-order chi connectivity index (χ1) is 15.6. The van der Waals surface area contributed by atoms with E-state index in [9.17, 15) is 14.6 Å². The summed E-state index contributed by atoms with van der Waals surface area (Å²) in [7, 11) is 0. The highest BCUT2D eigenvalue weighted by Crippen LogP contribution is 2.32. The summed E-state index contributed by atoms with van der Waals surface area (Å²) in [5, 5.41) is 23.0. The van der Waals surface area contributed by atoms with Crippen molar-refractivity contribution in [2.75, 3.05) is 11.9 Å². The van der Waals surface area contributed by atoms with Crippen LogP contribution in [-0.2, 0) is 0 Å². The molecule has 8 nitrogen and oxygen atoms in total. The number of hydrogen-bond donors (Lipinski definition) is 3. The number of fused-ring (bicyclic) bond motifs is 1. The van der Waals surface area contributed by atoms with Gasteiger partial charge in [-0.3, -0.25) is 4.40 Å². The molecule has 0 saturated heterocycles. The molecule has 0 radical (unpaired) electrons. The lowest BCUT2D eigenvalue weighted by Crippen LogP contribution is -2.14. The van der Waals surface area contributed by atoms with Crippen LogP contribution < -0.4 is 5.32 Å². The fraction of sp³-hybridized carbons (Fsp3) is 0.0870. The summed E-state index contributed by atoms with van der Waals surface area (Å²) in [5.74, 6) is 0.437. The number of halogens is 1. The van der Waals surface area contributed by atoms with Crippen LogP contribution in [0.25, 0.3) is 28.5 Å². The van der Waals surface area contributed by atoms with Crippen molar-refractivity contribution in [3.8, 4) is 28.4 Å². The van der Waals surface area contributed by atoms with Crippen molar-refractivity contribution in [2.45, 2.75) is 6.10 Å². The second-order valence-corrected chi connectivity index (χ2v) is 7.13. The Balaban J connectivity index is 1.46. The molecule has 0 spiro atoms. The molecule has 5 aromatic rings. The lowest BCUT2D eigenvalue weighted by Gasteiger charge is -2.13. The minimum Gasteiger partial charge on any atom is -0.508 e. The monoisotopic (exact) mass is 431 g/mol. The van der Waals surface area contributed by atoms with E-state index in [2.05, 4.69) is 20.3 Å². The van der Waals surface area contributed by atoms with E-state index in [0.29, 0.717) is 40.0 Å². The van der Waals surface area contributed by atoms with E-state index in [-0.39, 0.29) is 18.1 Å². The number of hydrogen-bond acceptors (Lipinski definition) is 7. The van der Waals surface area contributed by atoms with Gasteiger partial charge in [0.15, 0.2) is 0 Å². The van der Waals surface area contributed by atoms with Gasteiger partial charge >= 0.3 is 5.84 Å². The van der Waals surface area contributed by atoms with Crippen molar-refractivity contribution in [3.63, 3.8) is 0 Å². The topological polar surface area (TPSA) is 109 Å². The number of aromatic hydroxyl groups is 1. The summed E-state index contributed by atoms with van der Waals surface area (Å²) >= 11 is 0. The molecular weight excluding hydrogens is 413 g/mol. The van der Waals surface area contributed by atoms with Crippen LogP contribution in [0, 0.1) is 5.82 Å². The summed E-state index contributed by atoms with van der Waals surface area (Å²) in [6.45, 7) is 0.144. The first-order valence-corrected chi connectivity index (χ1v) is 9.84. The summed E-state index contributed by atoms with van der Waals surface area (Å²) in [6.07, 6.45) is 3.98. The summed E-state index contributed by atoms with van der Waals surface area (Å²) in [5.41, 5.74) is 3.12. The van der Waals surface area contributed by atoms with Crippen LogP contribution in [0.5, 0.6) is 5.75 Å². The largest absolute Gasteiger partial charge is 0.508 e. The van der Waals surface area contributed by atoms with Crippen molar-refractivity contribution in [2.24, 2.45) is 0 Å². The van der Waals surface area contributed by atoms with Crippen molar-refractivity contribution in [3.05, 3.63) is 84.6 Å². The van der Waals surface area contributed by atoms with Gasteiger partial charge in [-0.05, 0) is 48.0 Å². The smallest absolute Gasteiger partial charge is 0.306 e. The standard InChI is InChI=1S/C23H18FN5O3/c24-16-6-4-14(5-7-16)20-21(29-10-11-32-23(29)28-20)18-8-9-25-22(27-18)26-13-19(31)15-2-1-3-17(30)12-15/h1-12,19,30-31H,13H2,(H,25,26,27). The molecule has 9 heteroatoms. The molecular formula is C23H18FN5O3. The van der Waals surface area contributed by atoms with Gasteiger partial charge in [0.1, 0.15) is 29.2 Å². The van der Waals surface area contributed by atoms with E-state index in [1.165, 1.54) is 30.5 Å². The first kappa shape index (κ1) is 19.7. The molecule has 5 rings (SSSR count). The lowest BCUT2D eigenvalue weighted by atomic mass is 10.1. The second kappa shape index (κ2) is 8.12. The second-order valence-electron chi connectivity index (χ2n) is 7.13. The van der Waals surface area contributed by atoms with E-state index >= 15 is 0 Å². The lowest BCUT2D eigenvalue weighted by molar-refractivity contribution is 0.191. The number of anilines is 1. The fourth-order valence-electron chi connectivity index (χ4n) is 3.45. The van der Waals surface area contributed by atoms with Crippen LogP contribution in [0.2, 0.25) is 0 Å². The van der Waals surface area contributed by atoms with E-state index < -0.39 is 6.10 Å². The number of rotatable bonds is 6. The zero-order valence-corrected chi connectivity index (χ0v) is 16.7. The molecule has 0 fully saturated rings. The van der Waals surface area contributed by atoms with Gasteiger partial charge in [-0.2, -0.15) is 4.98 Å². The van der Waals surface area contributed by atoms with E-state index in [1.54, 1.807) is 47.1 Å². The highest BCUT2D eigenvalue weighted by molar-refractivity contribution is 5.79. The Kier molecular flexibility index (Phi) is 5.00. The number of nitrogens with zero attached hydrogens (tertiary/aromatic N) is 4.